The third kappa shape index (κ3) is 3.61. The predicted molar refractivity (Wildman–Crippen MR) is 56.9 cm³/mol. The van der Waals surface area contributed by atoms with Crippen LogP contribution >= 0.6 is 0 Å². The van der Waals surface area contributed by atoms with Crippen molar-refractivity contribution in [2.75, 3.05) is 7.11 Å². The maximum Gasteiger partial charge on any atom is 0.335 e. The fourth-order valence-corrected chi connectivity index (χ4v) is 1.04. The molecule has 1 rings (SSSR count). The molecule has 1 aromatic carbocycles. The second kappa shape index (κ2) is 5.66. The molecule has 0 atom stereocenters. The molecule has 4 nitrogen and oxygen atoms in total. The smallest absolute Gasteiger partial charge is 0.335 e. The van der Waals surface area contributed by atoms with E-state index in [0.29, 0.717) is 0 Å². The third-order valence-electron chi connectivity index (χ3n) is 1.90. The van der Waals surface area contributed by atoms with Crippen molar-refractivity contribution in [3.05, 3.63) is 35.1 Å². The molecule has 88 valence electrons. The molecule has 0 aliphatic heterocycles. The van der Waals surface area contributed by atoms with Crippen molar-refractivity contribution in [2.24, 2.45) is 0 Å². The number of ether oxygens (including phenoxy) is 1. The summed E-state index contributed by atoms with van der Waals surface area (Å²) in [5, 5.41) is 8.71. The minimum Gasteiger partial charge on any atom is -0.478 e. The van der Waals surface area contributed by atoms with E-state index in [-0.39, 0.29) is 17.5 Å². The zero-order chi connectivity index (χ0) is 12.8. The van der Waals surface area contributed by atoms with Gasteiger partial charge in [0.2, 0.25) is 0 Å². The lowest BCUT2D eigenvalue weighted by Gasteiger charge is -1.97. The highest BCUT2D eigenvalue weighted by Crippen LogP contribution is 2.09. The first-order valence-electron chi connectivity index (χ1n) is 4.63. The molecule has 0 bridgehead atoms. The Morgan fingerprint density at radius 3 is 2.76 bits per heavy atom. The molecule has 1 aromatic rings. The summed E-state index contributed by atoms with van der Waals surface area (Å²) in [5.41, 5.74) is -0.123. The SMILES string of the molecule is COC(=O)CC#Cc1cc(C(=O)O)ccc1F. The van der Waals surface area contributed by atoms with Crippen LogP contribution in [-0.4, -0.2) is 24.2 Å². The van der Waals surface area contributed by atoms with E-state index < -0.39 is 17.8 Å². The number of carbonyl (C=O) groups is 2. The summed E-state index contributed by atoms with van der Waals surface area (Å²) in [4.78, 5) is 21.4. The standard InChI is InChI=1S/C12H9FO4/c1-17-11(14)4-2-3-8-7-9(12(15)16)5-6-10(8)13/h5-7H,4H2,1H3,(H,15,16). The summed E-state index contributed by atoms with van der Waals surface area (Å²) >= 11 is 0. The third-order valence-corrected chi connectivity index (χ3v) is 1.90. The van der Waals surface area contributed by atoms with Crippen LogP contribution in [0.4, 0.5) is 4.39 Å². The molecule has 0 spiro atoms. The minimum atomic E-state index is -1.17. The first kappa shape index (κ1) is 12.7. The van der Waals surface area contributed by atoms with Gasteiger partial charge in [-0.3, -0.25) is 4.79 Å². The molecule has 0 aliphatic rings. The highest BCUT2D eigenvalue weighted by Gasteiger charge is 2.06. The molecule has 0 saturated heterocycles. The van der Waals surface area contributed by atoms with Gasteiger partial charge in [0.25, 0.3) is 0 Å². The predicted octanol–water partition coefficient (Wildman–Crippen LogP) is 1.44. The first-order valence-corrected chi connectivity index (χ1v) is 4.63. The summed E-state index contributed by atoms with van der Waals surface area (Å²) in [5.74, 6) is 2.45. The Hall–Kier alpha value is -2.35. The van der Waals surface area contributed by atoms with Crippen molar-refractivity contribution in [3.63, 3.8) is 0 Å². The van der Waals surface area contributed by atoms with Gasteiger partial charge in [0.15, 0.2) is 0 Å². The molecule has 0 fully saturated rings. The van der Waals surface area contributed by atoms with Crippen LogP contribution in [0.3, 0.4) is 0 Å². The number of hydrogen-bond acceptors (Lipinski definition) is 3. The number of carboxylic acid groups (broad SMARTS) is 1. The lowest BCUT2D eigenvalue weighted by Crippen LogP contribution is -1.99. The zero-order valence-electron chi connectivity index (χ0n) is 8.99. The van der Waals surface area contributed by atoms with E-state index in [1.165, 1.54) is 7.11 Å². The van der Waals surface area contributed by atoms with Gasteiger partial charge in [-0.1, -0.05) is 11.8 Å². The molecule has 0 unspecified atom stereocenters. The van der Waals surface area contributed by atoms with Crippen LogP contribution in [-0.2, 0) is 9.53 Å². The lowest BCUT2D eigenvalue weighted by molar-refractivity contribution is -0.139. The number of esters is 1. The first-order chi connectivity index (χ1) is 8.04. The lowest BCUT2D eigenvalue weighted by atomic mass is 10.1. The average molecular weight is 236 g/mol. The summed E-state index contributed by atoms with van der Waals surface area (Å²) in [6, 6.07) is 3.27. The number of halogens is 1. The van der Waals surface area contributed by atoms with Gasteiger partial charge < -0.3 is 9.84 Å². The van der Waals surface area contributed by atoms with Crippen LogP contribution in [0.2, 0.25) is 0 Å². The topological polar surface area (TPSA) is 63.6 Å². The van der Waals surface area contributed by atoms with Crippen LogP contribution in [0.15, 0.2) is 18.2 Å². The van der Waals surface area contributed by atoms with Crippen molar-refractivity contribution in [1.29, 1.82) is 0 Å². The van der Waals surface area contributed by atoms with Gasteiger partial charge in [-0.05, 0) is 18.2 Å². The van der Waals surface area contributed by atoms with Crippen LogP contribution < -0.4 is 0 Å². The maximum atomic E-state index is 13.2. The van der Waals surface area contributed by atoms with E-state index in [2.05, 4.69) is 16.6 Å². The second-order valence-corrected chi connectivity index (χ2v) is 3.05. The molecular weight excluding hydrogens is 227 g/mol. The van der Waals surface area contributed by atoms with Crippen molar-refractivity contribution in [1.82, 2.24) is 0 Å². The monoisotopic (exact) mass is 236 g/mol. The van der Waals surface area contributed by atoms with Gasteiger partial charge >= 0.3 is 11.9 Å². The Labute approximate surface area is 97.0 Å². The summed E-state index contributed by atoms with van der Waals surface area (Å²) in [7, 11) is 1.22. The Balaban J connectivity index is 2.93. The Kier molecular flexibility index (Phi) is 4.23. The summed E-state index contributed by atoms with van der Waals surface area (Å²) < 4.78 is 17.6. The average Bonchev–Trinajstić information content (AvgIpc) is 2.30. The molecule has 17 heavy (non-hydrogen) atoms. The molecule has 0 heterocycles. The molecule has 0 amide bonds. The number of carboxylic acids is 1. The van der Waals surface area contributed by atoms with E-state index in [4.69, 9.17) is 5.11 Å². The van der Waals surface area contributed by atoms with Gasteiger partial charge in [0.05, 0.1) is 18.2 Å². The van der Waals surface area contributed by atoms with Gasteiger partial charge in [0, 0.05) is 0 Å². The fraction of sp³-hybridized carbons (Fsp3) is 0.167. The van der Waals surface area contributed by atoms with Crippen molar-refractivity contribution < 1.29 is 23.8 Å². The molecule has 1 N–H and O–H groups in total. The normalized spacial score (nSPS) is 9.06. The van der Waals surface area contributed by atoms with Gasteiger partial charge in [0.1, 0.15) is 12.2 Å². The number of hydrogen-bond donors (Lipinski definition) is 1. The molecule has 0 aromatic heterocycles. The van der Waals surface area contributed by atoms with Gasteiger partial charge in [-0.25, -0.2) is 9.18 Å². The molecule has 0 aliphatic carbocycles. The zero-order valence-corrected chi connectivity index (χ0v) is 8.99. The highest BCUT2D eigenvalue weighted by atomic mass is 19.1. The number of aromatic carboxylic acids is 1. The fourth-order valence-electron chi connectivity index (χ4n) is 1.04. The number of methoxy groups -OCH3 is 1. The molecule has 0 saturated carbocycles. The largest absolute Gasteiger partial charge is 0.478 e. The van der Waals surface area contributed by atoms with Crippen LogP contribution in [0.25, 0.3) is 0 Å². The van der Waals surface area contributed by atoms with Crippen LogP contribution in [0.5, 0.6) is 0 Å². The number of rotatable bonds is 2. The second-order valence-electron chi connectivity index (χ2n) is 3.05. The Morgan fingerprint density at radius 1 is 1.47 bits per heavy atom. The summed E-state index contributed by atoms with van der Waals surface area (Å²) in [6.07, 6.45) is -0.173. The van der Waals surface area contributed by atoms with Crippen molar-refractivity contribution in [3.8, 4) is 11.8 Å². The number of benzene rings is 1. The van der Waals surface area contributed by atoms with E-state index in [1.54, 1.807) is 0 Å². The summed E-state index contributed by atoms with van der Waals surface area (Å²) in [6.45, 7) is 0. The molecular formula is C12H9FO4. The van der Waals surface area contributed by atoms with Crippen LogP contribution in [0.1, 0.15) is 22.3 Å². The number of carbonyl (C=O) groups excluding carboxylic acids is 1. The maximum absolute atomic E-state index is 13.2. The van der Waals surface area contributed by atoms with E-state index in [9.17, 15) is 14.0 Å². The Bertz CT molecular complexity index is 511. The van der Waals surface area contributed by atoms with Gasteiger partial charge in [-0.2, -0.15) is 0 Å². The van der Waals surface area contributed by atoms with Crippen LogP contribution in [0, 0.1) is 17.7 Å². The van der Waals surface area contributed by atoms with E-state index in [0.717, 1.165) is 18.2 Å². The van der Waals surface area contributed by atoms with Gasteiger partial charge in [-0.15, -0.1) is 0 Å². The minimum absolute atomic E-state index is 0.0613. The van der Waals surface area contributed by atoms with Crippen molar-refractivity contribution >= 4 is 11.9 Å². The van der Waals surface area contributed by atoms with Crippen molar-refractivity contribution in [2.45, 2.75) is 6.42 Å². The van der Waals surface area contributed by atoms with E-state index in [1.807, 2.05) is 0 Å². The highest BCUT2D eigenvalue weighted by molar-refractivity contribution is 5.88. The quantitative estimate of drug-likeness (QED) is 0.623. The van der Waals surface area contributed by atoms with E-state index >= 15 is 0 Å². The Morgan fingerprint density at radius 2 is 2.18 bits per heavy atom. The molecule has 5 heteroatoms. The molecule has 0 radical (unpaired) electrons.